The van der Waals surface area contributed by atoms with Crippen molar-refractivity contribution >= 4 is 0 Å². The van der Waals surface area contributed by atoms with Gasteiger partial charge in [-0.05, 0) is 25.1 Å². The number of nitrogens with one attached hydrogen (secondary N) is 2. The van der Waals surface area contributed by atoms with Gasteiger partial charge in [-0.3, -0.25) is 4.79 Å². The van der Waals surface area contributed by atoms with E-state index in [-0.39, 0.29) is 5.56 Å². The molecular formula is C15H19N3O2. The summed E-state index contributed by atoms with van der Waals surface area (Å²) in [5.41, 5.74) is 1.35. The number of methoxy groups -OCH3 is 1. The van der Waals surface area contributed by atoms with Crippen molar-refractivity contribution in [3.8, 4) is 17.1 Å². The van der Waals surface area contributed by atoms with Gasteiger partial charge in [0.1, 0.15) is 11.6 Å². The van der Waals surface area contributed by atoms with E-state index in [1.165, 1.54) is 6.07 Å². The van der Waals surface area contributed by atoms with Gasteiger partial charge in [0, 0.05) is 12.6 Å². The summed E-state index contributed by atoms with van der Waals surface area (Å²) in [6.45, 7) is 3.58. The number of benzene rings is 1. The Kier molecular flexibility index (Phi) is 4.90. The Morgan fingerprint density at radius 1 is 1.35 bits per heavy atom. The maximum atomic E-state index is 11.8. The van der Waals surface area contributed by atoms with E-state index in [9.17, 15) is 4.79 Å². The summed E-state index contributed by atoms with van der Waals surface area (Å²) in [5.74, 6) is 1.22. The van der Waals surface area contributed by atoms with E-state index in [2.05, 4.69) is 22.2 Å². The molecule has 0 fully saturated rings. The molecule has 2 aromatic rings. The molecule has 5 heteroatoms. The molecule has 0 spiro atoms. The number of para-hydroxylation sites is 1. The van der Waals surface area contributed by atoms with Crippen LogP contribution in [0, 0.1) is 0 Å². The van der Waals surface area contributed by atoms with Crippen LogP contribution in [-0.4, -0.2) is 23.6 Å². The van der Waals surface area contributed by atoms with Crippen molar-refractivity contribution in [2.75, 3.05) is 13.7 Å². The Labute approximate surface area is 118 Å². The molecule has 20 heavy (non-hydrogen) atoms. The fourth-order valence-corrected chi connectivity index (χ4v) is 1.96. The van der Waals surface area contributed by atoms with Crippen molar-refractivity contribution in [1.82, 2.24) is 15.3 Å². The maximum Gasteiger partial charge on any atom is 0.251 e. The van der Waals surface area contributed by atoms with Gasteiger partial charge in [-0.2, -0.15) is 0 Å². The molecule has 5 nitrogen and oxygen atoms in total. The molecule has 0 aliphatic carbocycles. The Bertz CT molecular complexity index is 623. The predicted octanol–water partition coefficient (Wildman–Crippen LogP) is 1.95. The SMILES string of the molecule is CCCNCc1cc(=O)[nH]c(-c2ccccc2OC)n1. The quantitative estimate of drug-likeness (QED) is 0.789. The van der Waals surface area contributed by atoms with Crippen molar-refractivity contribution in [2.24, 2.45) is 0 Å². The van der Waals surface area contributed by atoms with E-state index in [0.717, 1.165) is 24.2 Å². The number of aromatic nitrogens is 2. The van der Waals surface area contributed by atoms with Gasteiger partial charge in [-0.1, -0.05) is 19.1 Å². The topological polar surface area (TPSA) is 67.0 Å². The standard InChI is InChI=1S/C15H19N3O2/c1-3-8-16-10-11-9-14(19)18-15(17-11)12-6-4-5-7-13(12)20-2/h4-7,9,16H,3,8,10H2,1-2H3,(H,17,18,19). The molecule has 0 saturated carbocycles. The van der Waals surface area contributed by atoms with Crippen molar-refractivity contribution in [2.45, 2.75) is 19.9 Å². The number of hydrogen-bond acceptors (Lipinski definition) is 4. The van der Waals surface area contributed by atoms with E-state index in [1.807, 2.05) is 24.3 Å². The highest BCUT2D eigenvalue weighted by Gasteiger charge is 2.08. The summed E-state index contributed by atoms with van der Waals surface area (Å²) in [5, 5.41) is 3.24. The molecule has 0 unspecified atom stereocenters. The normalized spacial score (nSPS) is 10.5. The minimum absolute atomic E-state index is 0.158. The molecule has 0 aliphatic rings. The first-order valence-corrected chi connectivity index (χ1v) is 6.69. The lowest BCUT2D eigenvalue weighted by Crippen LogP contribution is -2.18. The highest BCUT2D eigenvalue weighted by atomic mass is 16.5. The van der Waals surface area contributed by atoms with Crippen molar-refractivity contribution < 1.29 is 4.74 Å². The van der Waals surface area contributed by atoms with Crippen molar-refractivity contribution in [3.63, 3.8) is 0 Å². The van der Waals surface area contributed by atoms with E-state index >= 15 is 0 Å². The minimum atomic E-state index is -0.158. The fourth-order valence-electron chi connectivity index (χ4n) is 1.96. The molecule has 0 amide bonds. The number of aromatic amines is 1. The summed E-state index contributed by atoms with van der Waals surface area (Å²) in [7, 11) is 1.60. The maximum absolute atomic E-state index is 11.8. The molecule has 0 bridgehead atoms. The lowest BCUT2D eigenvalue weighted by atomic mass is 10.2. The van der Waals surface area contributed by atoms with Gasteiger partial charge in [-0.15, -0.1) is 0 Å². The Morgan fingerprint density at radius 3 is 2.90 bits per heavy atom. The van der Waals surface area contributed by atoms with Crippen LogP contribution < -0.4 is 15.6 Å². The Hall–Kier alpha value is -2.14. The van der Waals surface area contributed by atoms with Gasteiger partial charge in [-0.25, -0.2) is 4.98 Å². The van der Waals surface area contributed by atoms with Crippen molar-refractivity contribution in [3.05, 3.63) is 46.4 Å². The van der Waals surface area contributed by atoms with E-state index in [0.29, 0.717) is 18.1 Å². The van der Waals surface area contributed by atoms with Gasteiger partial charge < -0.3 is 15.0 Å². The second-order valence-electron chi connectivity index (χ2n) is 4.46. The summed E-state index contributed by atoms with van der Waals surface area (Å²) in [6.07, 6.45) is 1.04. The summed E-state index contributed by atoms with van der Waals surface area (Å²) in [4.78, 5) is 19.0. The molecule has 2 N–H and O–H groups in total. The van der Waals surface area contributed by atoms with Crippen molar-refractivity contribution in [1.29, 1.82) is 0 Å². The molecule has 0 radical (unpaired) electrons. The lowest BCUT2D eigenvalue weighted by Gasteiger charge is -2.09. The molecule has 0 saturated heterocycles. The highest BCUT2D eigenvalue weighted by molar-refractivity contribution is 5.63. The van der Waals surface area contributed by atoms with Crippen LogP contribution >= 0.6 is 0 Å². The van der Waals surface area contributed by atoms with Gasteiger partial charge in [0.2, 0.25) is 0 Å². The number of H-pyrrole nitrogens is 1. The number of nitrogens with zero attached hydrogens (tertiary/aromatic N) is 1. The van der Waals surface area contributed by atoms with Gasteiger partial charge >= 0.3 is 0 Å². The number of ether oxygens (including phenoxy) is 1. The number of hydrogen-bond donors (Lipinski definition) is 2. The Balaban J connectivity index is 2.34. The van der Waals surface area contributed by atoms with Crippen LogP contribution in [0.2, 0.25) is 0 Å². The third-order valence-electron chi connectivity index (χ3n) is 2.89. The monoisotopic (exact) mass is 273 g/mol. The first-order valence-electron chi connectivity index (χ1n) is 6.69. The second kappa shape index (κ2) is 6.86. The average Bonchev–Trinajstić information content (AvgIpc) is 2.47. The molecule has 1 heterocycles. The van der Waals surface area contributed by atoms with Crippen LogP contribution in [0.15, 0.2) is 35.1 Å². The van der Waals surface area contributed by atoms with Gasteiger partial charge in [0.25, 0.3) is 5.56 Å². The van der Waals surface area contributed by atoms with E-state index in [1.54, 1.807) is 7.11 Å². The smallest absolute Gasteiger partial charge is 0.251 e. The van der Waals surface area contributed by atoms with Gasteiger partial charge in [0.05, 0.1) is 18.4 Å². The molecule has 106 valence electrons. The first-order chi connectivity index (χ1) is 9.74. The zero-order valence-corrected chi connectivity index (χ0v) is 11.8. The van der Waals surface area contributed by atoms with Crippen LogP contribution in [0.3, 0.4) is 0 Å². The van der Waals surface area contributed by atoms with E-state index < -0.39 is 0 Å². The lowest BCUT2D eigenvalue weighted by molar-refractivity contribution is 0.416. The van der Waals surface area contributed by atoms with Crippen LogP contribution in [0.25, 0.3) is 11.4 Å². The third kappa shape index (κ3) is 3.45. The predicted molar refractivity (Wildman–Crippen MR) is 78.8 cm³/mol. The zero-order chi connectivity index (χ0) is 14.4. The fraction of sp³-hybridized carbons (Fsp3) is 0.333. The van der Waals surface area contributed by atoms with Crippen LogP contribution in [0.5, 0.6) is 5.75 Å². The summed E-state index contributed by atoms with van der Waals surface area (Å²) < 4.78 is 5.30. The average molecular weight is 273 g/mol. The summed E-state index contributed by atoms with van der Waals surface area (Å²) >= 11 is 0. The van der Waals surface area contributed by atoms with E-state index in [4.69, 9.17) is 4.74 Å². The van der Waals surface area contributed by atoms with Crippen LogP contribution in [0.4, 0.5) is 0 Å². The van der Waals surface area contributed by atoms with Crippen LogP contribution in [-0.2, 0) is 6.54 Å². The van der Waals surface area contributed by atoms with Crippen LogP contribution in [0.1, 0.15) is 19.0 Å². The zero-order valence-electron chi connectivity index (χ0n) is 11.8. The minimum Gasteiger partial charge on any atom is -0.496 e. The number of rotatable bonds is 6. The Morgan fingerprint density at radius 2 is 2.15 bits per heavy atom. The molecule has 2 rings (SSSR count). The molecule has 0 atom stereocenters. The first kappa shape index (κ1) is 14.3. The highest BCUT2D eigenvalue weighted by Crippen LogP contribution is 2.25. The largest absolute Gasteiger partial charge is 0.496 e. The third-order valence-corrected chi connectivity index (χ3v) is 2.89. The second-order valence-corrected chi connectivity index (χ2v) is 4.46. The summed E-state index contributed by atoms with van der Waals surface area (Å²) in [6, 6.07) is 9.01. The molecule has 1 aromatic heterocycles. The molecule has 0 aliphatic heterocycles. The van der Waals surface area contributed by atoms with Gasteiger partial charge in [0.15, 0.2) is 0 Å². The molecule has 1 aromatic carbocycles. The molecular weight excluding hydrogens is 254 g/mol.